The van der Waals surface area contributed by atoms with Gasteiger partial charge in [-0.25, -0.2) is 0 Å². The van der Waals surface area contributed by atoms with Crippen LogP contribution in [0.25, 0.3) is 0 Å². The largest absolute Gasteiger partial charge is 0.460 e. The molecule has 0 aliphatic carbocycles. The summed E-state index contributed by atoms with van der Waals surface area (Å²) in [5.74, 6) is 0.0186. The zero-order chi connectivity index (χ0) is 8.55. The predicted molar refractivity (Wildman–Crippen MR) is 39.4 cm³/mol. The minimum absolute atomic E-state index is 0.0880. The molecule has 2 fully saturated rings. The van der Waals surface area contributed by atoms with Crippen LogP contribution >= 0.6 is 0 Å². The van der Waals surface area contributed by atoms with Crippen LogP contribution in [0.3, 0.4) is 0 Å². The van der Waals surface area contributed by atoms with Gasteiger partial charge in [-0.15, -0.1) is 0 Å². The van der Waals surface area contributed by atoms with Crippen molar-refractivity contribution in [3.8, 4) is 0 Å². The fourth-order valence-electron chi connectivity index (χ4n) is 1.76. The maximum atomic E-state index is 10.7. The minimum Gasteiger partial charge on any atom is -0.460 e. The average molecular weight is 172 g/mol. The molecule has 0 bridgehead atoms. The highest BCUT2D eigenvalue weighted by atomic mass is 16.7. The summed E-state index contributed by atoms with van der Waals surface area (Å²) in [6.45, 7) is 2.62. The number of esters is 1. The number of hydrogen-bond acceptors (Lipinski definition) is 4. The van der Waals surface area contributed by atoms with Gasteiger partial charge < -0.3 is 14.2 Å². The third-order valence-corrected chi connectivity index (χ3v) is 2.30. The van der Waals surface area contributed by atoms with Gasteiger partial charge in [0.2, 0.25) is 0 Å². The average Bonchev–Trinajstić information content (AvgIpc) is 2.52. The van der Waals surface area contributed by atoms with Gasteiger partial charge in [-0.3, -0.25) is 4.79 Å². The standard InChI is InChI=1S/C8H12O4/c1-5(9)12-7-4-11-8-6(7)2-3-10-8/h6-8H,2-4H2,1H3/t6-,7-,8+/m1/s1. The van der Waals surface area contributed by atoms with E-state index < -0.39 is 0 Å². The lowest BCUT2D eigenvalue weighted by atomic mass is 10.0. The van der Waals surface area contributed by atoms with Gasteiger partial charge in [0.15, 0.2) is 6.29 Å². The molecular weight excluding hydrogens is 160 g/mol. The molecule has 0 aromatic carbocycles. The van der Waals surface area contributed by atoms with Crippen molar-refractivity contribution in [2.45, 2.75) is 25.7 Å². The van der Waals surface area contributed by atoms with Crippen LogP contribution in [0, 0.1) is 5.92 Å². The maximum absolute atomic E-state index is 10.7. The van der Waals surface area contributed by atoms with Crippen LogP contribution in [0.15, 0.2) is 0 Å². The Bertz CT molecular complexity index is 191. The molecule has 0 radical (unpaired) electrons. The van der Waals surface area contributed by atoms with Crippen LogP contribution in [0.4, 0.5) is 0 Å². The summed E-state index contributed by atoms with van der Waals surface area (Å²) in [5, 5.41) is 0. The van der Waals surface area contributed by atoms with Crippen LogP contribution < -0.4 is 0 Å². The third-order valence-electron chi connectivity index (χ3n) is 2.30. The predicted octanol–water partition coefficient (Wildman–Crippen LogP) is 0.311. The van der Waals surface area contributed by atoms with Crippen molar-refractivity contribution >= 4 is 5.97 Å². The maximum Gasteiger partial charge on any atom is 0.302 e. The molecule has 68 valence electrons. The summed E-state index contributed by atoms with van der Waals surface area (Å²) in [5.41, 5.74) is 0. The van der Waals surface area contributed by atoms with Gasteiger partial charge in [0, 0.05) is 6.92 Å². The van der Waals surface area contributed by atoms with Gasteiger partial charge >= 0.3 is 5.97 Å². The number of fused-ring (bicyclic) bond motifs is 1. The van der Waals surface area contributed by atoms with Gasteiger partial charge in [-0.2, -0.15) is 0 Å². The van der Waals surface area contributed by atoms with Crippen LogP contribution in [-0.2, 0) is 19.0 Å². The van der Waals surface area contributed by atoms with E-state index in [2.05, 4.69) is 0 Å². The number of carbonyl (C=O) groups is 1. The molecule has 2 saturated heterocycles. The quantitative estimate of drug-likeness (QED) is 0.534. The Morgan fingerprint density at radius 2 is 2.33 bits per heavy atom. The van der Waals surface area contributed by atoms with Crippen molar-refractivity contribution < 1.29 is 19.0 Å². The summed E-state index contributed by atoms with van der Waals surface area (Å²) in [6.07, 6.45) is 0.715. The Morgan fingerprint density at radius 3 is 3.08 bits per heavy atom. The van der Waals surface area contributed by atoms with Crippen molar-refractivity contribution in [3.63, 3.8) is 0 Å². The molecular formula is C8H12O4. The fourth-order valence-corrected chi connectivity index (χ4v) is 1.76. The number of carbonyl (C=O) groups excluding carboxylic acids is 1. The smallest absolute Gasteiger partial charge is 0.302 e. The zero-order valence-corrected chi connectivity index (χ0v) is 6.99. The first kappa shape index (κ1) is 8.01. The summed E-state index contributed by atoms with van der Waals surface area (Å²) in [6, 6.07) is 0. The molecule has 4 nitrogen and oxygen atoms in total. The lowest BCUT2D eigenvalue weighted by Gasteiger charge is -2.13. The molecule has 2 heterocycles. The molecule has 2 aliphatic rings. The second-order valence-corrected chi connectivity index (χ2v) is 3.17. The second kappa shape index (κ2) is 3.03. The summed E-state index contributed by atoms with van der Waals surface area (Å²) in [7, 11) is 0. The molecule has 0 spiro atoms. The van der Waals surface area contributed by atoms with E-state index in [1.165, 1.54) is 6.92 Å². The van der Waals surface area contributed by atoms with Crippen molar-refractivity contribution in [1.82, 2.24) is 0 Å². The number of rotatable bonds is 1. The Balaban J connectivity index is 1.95. The van der Waals surface area contributed by atoms with Gasteiger partial charge in [0.25, 0.3) is 0 Å². The molecule has 0 aromatic rings. The number of hydrogen-bond donors (Lipinski definition) is 0. The van der Waals surface area contributed by atoms with Crippen LogP contribution in [0.1, 0.15) is 13.3 Å². The van der Waals surface area contributed by atoms with E-state index in [-0.39, 0.29) is 24.3 Å². The Kier molecular flexibility index (Phi) is 2.02. The molecule has 2 rings (SSSR count). The fraction of sp³-hybridized carbons (Fsp3) is 0.875. The summed E-state index contributed by atoms with van der Waals surface area (Å²) in [4.78, 5) is 10.7. The van der Waals surface area contributed by atoms with Crippen molar-refractivity contribution in [2.24, 2.45) is 5.92 Å². The Labute approximate surface area is 70.8 Å². The highest BCUT2D eigenvalue weighted by Gasteiger charge is 2.43. The molecule has 0 N–H and O–H groups in total. The molecule has 0 saturated carbocycles. The first-order valence-electron chi connectivity index (χ1n) is 4.18. The molecule has 0 unspecified atom stereocenters. The molecule has 4 heteroatoms. The minimum atomic E-state index is -0.240. The molecule has 3 atom stereocenters. The topological polar surface area (TPSA) is 44.8 Å². The molecule has 0 amide bonds. The van der Waals surface area contributed by atoms with Crippen LogP contribution in [-0.4, -0.2) is 31.6 Å². The van der Waals surface area contributed by atoms with Crippen LogP contribution in [0.5, 0.6) is 0 Å². The first-order chi connectivity index (χ1) is 5.77. The lowest BCUT2D eigenvalue weighted by molar-refractivity contribution is -0.147. The Morgan fingerprint density at radius 1 is 1.50 bits per heavy atom. The van der Waals surface area contributed by atoms with Gasteiger partial charge in [0.05, 0.1) is 19.1 Å². The van der Waals surface area contributed by atoms with Crippen molar-refractivity contribution in [2.75, 3.05) is 13.2 Å². The lowest BCUT2D eigenvalue weighted by Crippen LogP contribution is -2.25. The van der Waals surface area contributed by atoms with Gasteiger partial charge in [-0.1, -0.05) is 0 Å². The zero-order valence-electron chi connectivity index (χ0n) is 6.99. The van der Waals surface area contributed by atoms with E-state index in [1.807, 2.05) is 0 Å². The third kappa shape index (κ3) is 1.32. The normalized spacial score (nSPS) is 39.6. The van der Waals surface area contributed by atoms with E-state index in [9.17, 15) is 4.79 Å². The molecule has 2 aliphatic heterocycles. The Hall–Kier alpha value is -0.610. The van der Waals surface area contributed by atoms with E-state index in [0.29, 0.717) is 13.2 Å². The second-order valence-electron chi connectivity index (χ2n) is 3.17. The summed E-state index contributed by atoms with van der Waals surface area (Å²) >= 11 is 0. The van der Waals surface area contributed by atoms with E-state index in [1.54, 1.807) is 0 Å². The first-order valence-corrected chi connectivity index (χ1v) is 4.18. The monoisotopic (exact) mass is 172 g/mol. The van der Waals surface area contributed by atoms with E-state index in [0.717, 1.165) is 6.42 Å². The van der Waals surface area contributed by atoms with E-state index in [4.69, 9.17) is 14.2 Å². The van der Waals surface area contributed by atoms with Gasteiger partial charge in [-0.05, 0) is 6.42 Å². The highest BCUT2D eigenvalue weighted by molar-refractivity contribution is 5.66. The van der Waals surface area contributed by atoms with Crippen LogP contribution in [0.2, 0.25) is 0 Å². The SMILES string of the molecule is CC(=O)O[C@@H]1CO[C@@H]2OCC[C@@H]21. The van der Waals surface area contributed by atoms with E-state index >= 15 is 0 Å². The van der Waals surface area contributed by atoms with Crippen molar-refractivity contribution in [1.29, 1.82) is 0 Å². The molecule has 12 heavy (non-hydrogen) atoms. The highest BCUT2D eigenvalue weighted by Crippen LogP contribution is 2.32. The van der Waals surface area contributed by atoms with Crippen molar-refractivity contribution in [3.05, 3.63) is 0 Å². The molecule has 0 aromatic heterocycles. The van der Waals surface area contributed by atoms with Gasteiger partial charge in [0.1, 0.15) is 6.10 Å². The number of ether oxygens (including phenoxy) is 3. The summed E-state index contributed by atoms with van der Waals surface area (Å²) < 4.78 is 15.6.